The smallest absolute Gasteiger partial charge is 0.282 e. The Labute approximate surface area is 141 Å². The van der Waals surface area contributed by atoms with Gasteiger partial charge in [0.05, 0.1) is 19.8 Å². The van der Waals surface area contributed by atoms with E-state index in [1.165, 1.54) is 6.07 Å². The number of aryl methyl sites for hydroxylation is 2. The van der Waals surface area contributed by atoms with Gasteiger partial charge in [0, 0.05) is 24.3 Å². The molecule has 0 aliphatic carbocycles. The first kappa shape index (κ1) is 16.7. The zero-order chi connectivity index (χ0) is 17.1. The maximum absolute atomic E-state index is 14.0. The molecule has 5 nitrogen and oxygen atoms in total. The van der Waals surface area contributed by atoms with Gasteiger partial charge in [-0.2, -0.15) is 0 Å². The molecule has 128 valence electrons. The second kappa shape index (κ2) is 7.15. The third-order valence-electron chi connectivity index (χ3n) is 4.27. The van der Waals surface area contributed by atoms with E-state index >= 15 is 0 Å². The van der Waals surface area contributed by atoms with E-state index < -0.39 is 0 Å². The van der Waals surface area contributed by atoms with E-state index in [-0.39, 0.29) is 11.7 Å². The van der Waals surface area contributed by atoms with Crippen LogP contribution in [-0.4, -0.2) is 41.8 Å². The van der Waals surface area contributed by atoms with Crippen molar-refractivity contribution in [2.75, 3.05) is 26.3 Å². The Hall–Kier alpha value is -2.18. The van der Waals surface area contributed by atoms with Crippen LogP contribution in [0.5, 0.6) is 0 Å². The Morgan fingerprint density at radius 2 is 1.96 bits per heavy atom. The summed E-state index contributed by atoms with van der Waals surface area (Å²) in [7, 11) is 0. The molecule has 1 N–H and O–H groups in total. The van der Waals surface area contributed by atoms with E-state index in [1.807, 2.05) is 29.5 Å². The van der Waals surface area contributed by atoms with Crippen LogP contribution in [0.3, 0.4) is 0 Å². The molecule has 1 aromatic heterocycles. The van der Waals surface area contributed by atoms with Crippen LogP contribution in [0.2, 0.25) is 0 Å². The van der Waals surface area contributed by atoms with Gasteiger partial charge in [-0.25, -0.2) is 9.40 Å². The molecule has 2 heterocycles. The topological polar surface area (TPSA) is 46.5 Å². The fourth-order valence-electron chi connectivity index (χ4n) is 3.02. The van der Waals surface area contributed by atoms with Crippen LogP contribution in [0.15, 0.2) is 30.3 Å². The van der Waals surface area contributed by atoms with Crippen molar-refractivity contribution in [3.63, 3.8) is 0 Å². The molecule has 1 saturated heterocycles. The van der Waals surface area contributed by atoms with Crippen molar-refractivity contribution in [2.45, 2.75) is 20.4 Å². The lowest BCUT2D eigenvalue weighted by Crippen LogP contribution is -2.48. The highest BCUT2D eigenvalue weighted by Crippen LogP contribution is 2.19. The monoisotopic (exact) mass is 331 g/mol. The number of nitrogens with one attached hydrogen (secondary N) is 1. The number of rotatable bonds is 4. The molecule has 0 atom stereocenters. The van der Waals surface area contributed by atoms with Crippen LogP contribution in [-0.2, 0) is 11.3 Å². The molecular weight excluding hydrogens is 309 g/mol. The van der Waals surface area contributed by atoms with E-state index in [1.54, 1.807) is 18.2 Å². The quantitative estimate of drug-likeness (QED) is 0.935. The maximum atomic E-state index is 14.0. The summed E-state index contributed by atoms with van der Waals surface area (Å²) in [5.74, 6) is -0.429. The van der Waals surface area contributed by atoms with Crippen molar-refractivity contribution in [3.8, 4) is 0 Å². The van der Waals surface area contributed by atoms with Gasteiger partial charge in [-0.05, 0) is 31.5 Å². The van der Waals surface area contributed by atoms with Crippen molar-refractivity contribution in [2.24, 2.45) is 0 Å². The second-order valence-electron chi connectivity index (χ2n) is 6.04. The number of carbonyl (C=O) groups is 1. The number of hydrogen-bond acceptors (Lipinski definition) is 3. The molecular formula is C18H22FN3O2. The summed E-state index contributed by atoms with van der Waals surface area (Å²) in [5.41, 5.74) is 5.88. The molecule has 0 radical (unpaired) electrons. The predicted molar refractivity (Wildman–Crippen MR) is 89.3 cm³/mol. The average Bonchev–Trinajstić information content (AvgIpc) is 2.84. The molecule has 3 rings (SSSR count). The third-order valence-corrected chi connectivity index (χ3v) is 4.27. The Bertz CT molecular complexity index is 736. The van der Waals surface area contributed by atoms with Gasteiger partial charge in [0.15, 0.2) is 0 Å². The number of aromatic nitrogens is 1. The number of amides is 1. The fourth-order valence-corrected chi connectivity index (χ4v) is 3.02. The SMILES string of the molecule is Cc1cc(C)n(Cc2ccccc2F)c1C(=O)NN1CCOCC1. The first-order chi connectivity index (χ1) is 11.6. The first-order valence-corrected chi connectivity index (χ1v) is 8.10. The van der Waals surface area contributed by atoms with Crippen molar-refractivity contribution in [3.05, 3.63) is 58.7 Å². The van der Waals surface area contributed by atoms with Crippen LogP contribution < -0.4 is 5.43 Å². The summed E-state index contributed by atoms with van der Waals surface area (Å²) >= 11 is 0. The molecule has 1 aromatic carbocycles. The van der Waals surface area contributed by atoms with Crippen LogP contribution in [0, 0.1) is 19.7 Å². The molecule has 0 bridgehead atoms. The van der Waals surface area contributed by atoms with Crippen LogP contribution in [0.25, 0.3) is 0 Å². The first-order valence-electron chi connectivity index (χ1n) is 8.10. The largest absolute Gasteiger partial charge is 0.379 e. The number of carbonyl (C=O) groups excluding carboxylic acids is 1. The van der Waals surface area contributed by atoms with E-state index in [0.29, 0.717) is 44.1 Å². The van der Waals surface area contributed by atoms with Crippen molar-refractivity contribution < 1.29 is 13.9 Å². The van der Waals surface area contributed by atoms with Gasteiger partial charge in [-0.1, -0.05) is 18.2 Å². The fraction of sp³-hybridized carbons (Fsp3) is 0.389. The zero-order valence-corrected chi connectivity index (χ0v) is 14.0. The minimum absolute atomic E-state index is 0.168. The van der Waals surface area contributed by atoms with Crippen molar-refractivity contribution >= 4 is 5.91 Å². The Morgan fingerprint density at radius 3 is 2.67 bits per heavy atom. The summed E-state index contributed by atoms with van der Waals surface area (Å²) < 4.78 is 21.1. The highest BCUT2D eigenvalue weighted by Gasteiger charge is 2.21. The number of hydrazine groups is 1. The highest BCUT2D eigenvalue weighted by molar-refractivity contribution is 5.94. The summed E-state index contributed by atoms with van der Waals surface area (Å²) in [4.78, 5) is 12.7. The number of benzene rings is 1. The van der Waals surface area contributed by atoms with Crippen LogP contribution >= 0.6 is 0 Å². The molecule has 6 heteroatoms. The van der Waals surface area contributed by atoms with Gasteiger partial charge in [0.2, 0.25) is 0 Å². The van der Waals surface area contributed by atoms with Gasteiger partial charge in [0.1, 0.15) is 11.5 Å². The average molecular weight is 331 g/mol. The zero-order valence-electron chi connectivity index (χ0n) is 14.0. The Morgan fingerprint density at radius 1 is 1.25 bits per heavy atom. The molecule has 2 aromatic rings. The van der Waals surface area contributed by atoms with E-state index in [2.05, 4.69) is 5.43 Å². The van der Waals surface area contributed by atoms with E-state index in [9.17, 15) is 9.18 Å². The molecule has 1 amide bonds. The van der Waals surface area contributed by atoms with Crippen LogP contribution in [0.1, 0.15) is 27.3 Å². The van der Waals surface area contributed by atoms with Gasteiger partial charge in [-0.3, -0.25) is 10.2 Å². The van der Waals surface area contributed by atoms with Gasteiger partial charge >= 0.3 is 0 Å². The van der Waals surface area contributed by atoms with Gasteiger partial charge in [-0.15, -0.1) is 0 Å². The standard InChI is InChI=1S/C18H22FN3O2/c1-13-11-14(2)22(12-15-5-3-4-6-16(15)19)17(13)18(23)20-21-7-9-24-10-8-21/h3-6,11H,7-10,12H2,1-2H3,(H,20,23). The number of nitrogens with zero attached hydrogens (tertiary/aromatic N) is 2. The Kier molecular flexibility index (Phi) is 4.97. The second-order valence-corrected chi connectivity index (χ2v) is 6.04. The minimum atomic E-state index is -0.261. The summed E-state index contributed by atoms with van der Waals surface area (Å²) in [6.45, 7) is 6.70. The predicted octanol–water partition coefficient (Wildman–Crippen LogP) is 2.27. The summed E-state index contributed by atoms with van der Waals surface area (Å²) in [5, 5.41) is 1.86. The van der Waals surface area contributed by atoms with Crippen LogP contribution in [0.4, 0.5) is 4.39 Å². The molecule has 24 heavy (non-hydrogen) atoms. The molecule has 1 aliphatic heterocycles. The van der Waals surface area contributed by atoms with Crippen molar-refractivity contribution in [1.82, 2.24) is 15.0 Å². The third kappa shape index (κ3) is 3.49. The normalized spacial score (nSPS) is 15.5. The van der Waals surface area contributed by atoms with E-state index in [0.717, 1.165) is 11.3 Å². The van der Waals surface area contributed by atoms with E-state index in [4.69, 9.17) is 4.74 Å². The summed E-state index contributed by atoms with van der Waals surface area (Å²) in [6, 6.07) is 8.60. The number of halogens is 1. The number of hydrogen-bond donors (Lipinski definition) is 1. The number of morpholine rings is 1. The minimum Gasteiger partial charge on any atom is -0.379 e. The molecule has 0 saturated carbocycles. The summed E-state index contributed by atoms with van der Waals surface area (Å²) in [6.07, 6.45) is 0. The highest BCUT2D eigenvalue weighted by atomic mass is 19.1. The molecule has 1 aliphatic rings. The molecule has 0 spiro atoms. The lowest BCUT2D eigenvalue weighted by molar-refractivity contribution is 0.0123. The Balaban J connectivity index is 1.85. The molecule has 0 unspecified atom stereocenters. The lowest BCUT2D eigenvalue weighted by Gasteiger charge is -2.27. The van der Waals surface area contributed by atoms with Gasteiger partial charge in [0.25, 0.3) is 5.91 Å². The number of ether oxygens (including phenoxy) is 1. The lowest BCUT2D eigenvalue weighted by atomic mass is 10.2. The maximum Gasteiger partial charge on any atom is 0.282 e. The van der Waals surface area contributed by atoms with Crippen molar-refractivity contribution in [1.29, 1.82) is 0 Å². The van der Waals surface area contributed by atoms with Gasteiger partial charge < -0.3 is 9.30 Å². The molecule has 1 fully saturated rings.